The summed E-state index contributed by atoms with van der Waals surface area (Å²) in [6, 6.07) is 12.5. The minimum Gasteiger partial charge on any atom is -0.440 e. The van der Waals surface area contributed by atoms with Crippen molar-refractivity contribution in [2.24, 2.45) is 0 Å². The number of piperidine rings is 1. The largest absolute Gasteiger partial charge is 0.440 e. The summed E-state index contributed by atoms with van der Waals surface area (Å²) in [6.45, 7) is 8.93. The Bertz CT molecular complexity index is 1450. The number of benzene rings is 2. The maximum absolute atomic E-state index is 14.9. The Hall–Kier alpha value is -3.58. The van der Waals surface area contributed by atoms with E-state index in [4.69, 9.17) is 9.40 Å². The lowest BCUT2D eigenvalue weighted by atomic mass is 9.97. The minimum atomic E-state index is -0.720. The number of para-hydroxylation sites is 1. The van der Waals surface area contributed by atoms with Gasteiger partial charge in [0.2, 0.25) is 0 Å². The molecule has 0 spiro atoms. The second-order valence-corrected chi connectivity index (χ2v) is 9.43. The van der Waals surface area contributed by atoms with Gasteiger partial charge in [-0.05, 0) is 75.6 Å². The van der Waals surface area contributed by atoms with E-state index < -0.39 is 11.6 Å². The van der Waals surface area contributed by atoms with Gasteiger partial charge in [0.1, 0.15) is 17.3 Å². The van der Waals surface area contributed by atoms with Crippen LogP contribution in [0.2, 0.25) is 0 Å². The zero-order chi connectivity index (χ0) is 25.4. The molecule has 0 aliphatic carbocycles. The molecule has 1 saturated heterocycles. The number of rotatable bonds is 5. The van der Waals surface area contributed by atoms with Crippen molar-refractivity contribution in [2.75, 3.05) is 19.6 Å². The third kappa shape index (κ3) is 4.51. The molecule has 1 fully saturated rings. The molecule has 5 nitrogen and oxygen atoms in total. The molecule has 2 aromatic carbocycles. The summed E-state index contributed by atoms with van der Waals surface area (Å²) >= 11 is 0. The first kappa shape index (κ1) is 24.1. The molecule has 1 aliphatic rings. The summed E-state index contributed by atoms with van der Waals surface area (Å²) in [4.78, 5) is 20.1. The second kappa shape index (κ2) is 9.82. The highest BCUT2D eigenvalue weighted by molar-refractivity contribution is 5.77. The number of aromatic nitrogens is 2. The van der Waals surface area contributed by atoms with Crippen molar-refractivity contribution < 1.29 is 13.2 Å². The van der Waals surface area contributed by atoms with Gasteiger partial charge in [-0.1, -0.05) is 25.1 Å². The fraction of sp³-hybridized carbons (Fsp3) is 0.310. The van der Waals surface area contributed by atoms with Gasteiger partial charge in [-0.3, -0.25) is 9.36 Å². The average molecular weight is 490 g/mol. The zero-order valence-electron chi connectivity index (χ0n) is 20.7. The summed E-state index contributed by atoms with van der Waals surface area (Å²) in [7, 11) is 0. The number of pyridine rings is 1. The van der Waals surface area contributed by atoms with Crippen LogP contribution in [0.3, 0.4) is 0 Å². The highest BCUT2D eigenvalue weighted by Gasteiger charge is 2.28. The molecule has 0 saturated carbocycles. The normalized spacial score (nSPS) is 14.9. The highest BCUT2D eigenvalue weighted by Crippen LogP contribution is 2.38. The van der Waals surface area contributed by atoms with Gasteiger partial charge in [0.15, 0.2) is 11.7 Å². The van der Waals surface area contributed by atoms with Crippen LogP contribution in [0.5, 0.6) is 0 Å². The Morgan fingerprint density at radius 3 is 2.42 bits per heavy atom. The van der Waals surface area contributed by atoms with Crippen LogP contribution in [-0.4, -0.2) is 34.1 Å². The van der Waals surface area contributed by atoms with Gasteiger partial charge in [-0.15, -0.1) is 0 Å². The lowest BCUT2D eigenvalue weighted by molar-refractivity contribution is 0.209. The molecular formula is C29H29F2N3O2. The molecule has 0 N–H and O–H groups in total. The summed E-state index contributed by atoms with van der Waals surface area (Å²) in [5.41, 5.74) is 3.74. The van der Waals surface area contributed by atoms with Gasteiger partial charge >= 0.3 is 0 Å². The number of likely N-dealkylation sites (tertiary alicyclic amines) is 1. The summed E-state index contributed by atoms with van der Waals surface area (Å²) in [5.74, 6) is -0.486. The fourth-order valence-corrected chi connectivity index (χ4v) is 5.05. The van der Waals surface area contributed by atoms with Crippen LogP contribution in [0.4, 0.5) is 8.78 Å². The molecule has 1 aliphatic heterocycles. The Morgan fingerprint density at radius 2 is 1.75 bits per heavy atom. The summed E-state index contributed by atoms with van der Waals surface area (Å²) < 4.78 is 36.4. The topological polar surface area (TPSA) is 51.3 Å². The van der Waals surface area contributed by atoms with Crippen molar-refractivity contribution in [3.05, 3.63) is 93.7 Å². The van der Waals surface area contributed by atoms with Crippen LogP contribution in [0.1, 0.15) is 42.7 Å². The SMILES string of the molecule is CCN1CCC(c2nc(-c3ccc(=O)n(-c4c(C)cccc4C)c3)c(-c3ccc(F)cc3F)o2)CC1. The standard InChI is InChI=1S/C29H29F2N3O2/c1-4-33-14-12-20(13-15-33)29-32-26(28(36-29)23-10-9-22(30)16-24(23)31)21-8-11-25(35)34(17-21)27-18(2)6-5-7-19(27)3/h5-11,16-17,20H,4,12-15H2,1-3H3. The van der Waals surface area contributed by atoms with Crippen molar-refractivity contribution in [3.63, 3.8) is 0 Å². The van der Waals surface area contributed by atoms with E-state index in [0.29, 0.717) is 17.1 Å². The van der Waals surface area contributed by atoms with Gasteiger partial charge in [0, 0.05) is 29.8 Å². The molecular weight excluding hydrogens is 460 g/mol. The van der Waals surface area contributed by atoms with E-state index in [-0.39, 0.29) is 22.8 Å². The zero-order valence-corrected chi connectivity index (χ0v) is 20.7. The van der Waals surface area contributed by atoms with Crippen LogP contribution >= 0.6 is 0 Å². The lowest BCUT2D eigenvalue weighted by Gasteiger charge is -2.29. The van der Waals surface area contributed by atoms with Gasteiger partial charge in [0.25, 0.3) is 5.56 Å². The molecule has 4 aromatic rings. The lowest BCUT2D eigenvalue weighted by Crippen LogP contribution is -2.32. The monoisotopic (exact) mass is 489 g/mol. The molecule has 7 heteroatoms. The van der Waals surface area contributed by atoms with E-state index in [1.54, 1.807) is 16.8 Å². The first-order chi connectivity index (χ1) is 17.4. The molecule has 0 bridgehead atoms. The summed E-state index contributed by atoms with van der Waals surface area (Å²) in [6.07, 6.45) is 3.51. The van der Waals surface area contributed by atoms with E-state index in [2.05, 4.69) is 11.8 Å². The molecule has 0 amide bonds. The van der Waals surface area contributed by atoms with Crippen LogP contribution in [-0.2, 0) is 0 Å². The molecule has 0 unspecified atom stereocenters. The van der Waals surface area contributed by atoms with Crippen LogP contribution in [0, 0.1) is 25.5 Å². The molecule has 186 valence electrons. The number of hydrogen-bond acceptors (Lipinski definition) is 4. The quantitative estimate of drug-likeness (QED) is 0.332. The first-order valence-electron chi connectivity index (χ1n) is 12.3. The fourth-order valence-electron chi connectivity index (χ4n) is 5.05. The van der Waals surface area contributed by atoms with E-state index in [1.165, 1.54) is 18.2 Å². The Balaban J connectivity index is 1.66. The third-order valence-corrected chi connectivity index (χ3v) is 7.07. The van der Waals surface area contributed by atoms with Gasteiger partial charge in [-0.2, -0.15) is 0 Å². The van der Waals surface area contributed by atoms with Crippen LogP contribution in [0.15, 0.2) is 63.9 Å². The Morgan fingerprint density at radius 1 is 1.03 bits per heavy atom. The van der Waals surface area contributed by atoms with Crippen molar-refractivity contribution in [1.29, 1.82) is 0 Å². The maximum Gasteiger partial charge on any atom is 0.255 e. The predicted molar refractivity (Wildman–Crippen MR) is 136 cm³/mol. The summed E-state index contributed by atoms with van der Waals surface area (Å²) in [5, 5.41) is 0. The Labute approximate surface area is 209 Å². The van der Waals surface area contributed by atoms with E-state index in [1.807, 2.05) is 32.0 Å². The number of oxazole rings is 1. The minimum absolute atomic E-state index is 0.105. The predicted octanol–water partition coefficient (Wildman–Crippen LogP) is 6.25. The average Bonchev–Trinajstić information content (AvgIpc) is 3.30. The number of hydrogen-bond donors (Lipinski definition) is 0. The molecule has 0 atom stereocenters. The number of halogens is 2. The molecule has 2 aromatic heterocycles. The second-order valence-electron chi connectivity index (χ2n) is 9.43. The Kier molecular flexibility index (Phi) is 6.58. The first-order valence-corrected chi connectivity index (χ1v) is 12.3. The van der Waals surface area contributed by atoms with Crippen molar-refractivity contribution in [1.82, 2.24) is 14.5 Å². The molecule has 36 heavy (non-hydrogen) atoms. The van der Waals surface area contributed by atoms with Crippen LogP contribution in [0.25, 0.3) is 28.3 Å². The van der Waals surface area contributed by atoms with Crippen LogP contribution < -0.4 is 5.56 Å². The smallest absolute Gasteiger partial charge is 0.255 e. The molecule has 3 heterocycles. The highest BCUT2D eigenvalue weighted by atomic mass is 19.1. The van der Waals surface area contributed by atoms with Crippen molar-refractivity contribution >= 4 is 0 Å². The molecule has 0 radical (unpaired) electrons. The number of nitrogens with zero attached hydrogens (tertiary/aromatic N) is 3. The van der Waals surface area contributed by atoms with E-state index in [9.17, 15) is 13.6 Å². The van der Waals surface area contributed by atoms with Gasteiger partial charge < -0.3 is 9.32 Å². The van der Waals surface area contributed by atoms with Crippen molar-refractivity contribution in [2.45, 2.75) is 39.5 Å². The third-order valence-electron chi connectivity index (χ3n) is 7.07. The van der Waals surface area contributed by atoms with Crippen molar-refractivity contribution in [3.8, 4) is 28.3 Å². The van der Waals surface area contributed by atoms with E-state index in [0.717, 1.165) is 55.4 Å². The molecule has 5 rings (SSSR count). The van der Waals surface area contributed by atoms with E-state index >= 15 is 0 Å². The van der Waals surface area contributed by atoms with Gasteiger partial charge in [-0.25, -0.2) is 13.8 Å². The maximum atomic E-state index is 14.9. The number of aryl methyl sites for hydroxylation is 2. The van der Waals surface area contributed by atoms with Gasteiger partial charge in [0.05, 0.1) is 11.3 Å².